The molecule has 0 atom stereocenters. The van der Waals surface area contributed by atoms with E-state index in [1.54, 1.807) is 0 Å². The van der Waals surface area contributed by atoms with Gasteiger partial charge in [0.2, 0.25) is 0 Å². The van der Waals surface area contributed by atoms with Crippen LogP contribution in [-0.2, 0) is 12.8 Å². The Morgan fingerprint density at radius 2 is 1.38 bits per heavy atom. The van der Waals surface area contributed by atoms with E-state index in [-0.39, 0.29) is 0 Å². The molecule has 0 spiro atoms. The summed E-state index contributed by atoms with van der Waals surface area (Å²) in [5, 5.41) is 0. The fraction of sp³-hybridized carbons (Fsp3) is 0.625. The monoisotopic (exact) mass is 289 g/mol. The second-order valence-electron chi connectivity index (χ2n) is 5.47. The Balaban J connectivity index is 1.66. The van der Waals surface area contributed by atoms with Crippen LogP contribution < -0.4 is 0 Å². The largest absolute Gasteiger partial charge is 0.349 e. The number of imidazole rings is 2. The number of aromatic amines is 2. The minimum atomic E-state index is 1.04. The van der Waals surface area contributed by atoms with E-state index in [0.29, 0.717) is 0 Å². The summed E-state index contributed by atoms with van der Waals surface area (Å²) >= 11 is 0. The van der Waals surface area contributed by atoms with Crippen molar-refractivity contribution in [2.24, 2.45) is 0 Å². The van der Waals surface area contributed by atoms with Gasteiger partial charge in [0.1, 0.15) is 11.6 Å². The summed E-state index contributed by atoms with van der Waals surface area (Å²) in [7, 11) is 0. The van der Waals surface area contributed by atoms with Gasteiger partial charge in [0.25, 0.3) is 0 Å². The van der Waals surface area contributed by atoms with E-state index in [9.17, 15) is 0 Å². The van der Waals surface area contributed by atoms with Crippen molar-refractivity contribution in [1.29, 1.82) is 0 Å². The molecule has 0 amide bonds. The highest BCUT2D eigenvalue weighted by molar-refractivity contribution is 4.88. The van der Waals surface area contributed by atoms with E-state index in [0.717, 1.165) is 50.4 Å². The molecule has 2 aromatic heterocycles. The summed E-state index contributed by atoms with van der Waals surface area (Å²) in [5.41, 5.74) is 0. The average molecular weight is 289 g/mol. The van der Waals surface area contributed by atoms with E-state index >= 15 is 0 Å². The normalized spacial score (nSPS) is 11.3. The van der Waals surface area contributed by atoms with Crippen LogP contribution in [0.1, 0.15) is 44.3 Å². The molecule has 0 saturated heterocycles. The summed E-state index contributed by atoms with van der Waals surface area (Å²) < 4.78 is 0. The van der Waals surface area contributed by atoms with E-state index in [4.69, 9.17) is 0 Å². The molecule has 0 radical (unpaired) electrons. The molecule has 0 aliphatic rings. The molecular weight excluding hydrogens is 262 g/mol. The average Bonchev–Trinajstić information content (AvgIpc) is 3.17. The highest BCUT2D eigenvalue weighted by atomic mass is 15.1. The van der Waals surface area contributed by atoms with Gasteiger partial charge in [0.15, 0.2) is 0 Å². The lowest BCUT2D eigenvalue weighted by Crippen LogP contribution is -2.28. The third-order valence-corrected chi connectivity index (χ3v) is 3.71. The lowest BCUT2D eigenvalue weighted by atomic mass is 10.2. The third-order valence-electron chi connectivity index (χ3n) is 3.71. The first-order chi connectivity index (χ1) is 10.4. The van der Waals surface area contributed by atoms with Gasteiger partial charge < -0.3 is 14.9 Å². The first kappa shape index (κ1) is 15.8. The molecule has 21 heavy (non-hydrogen) atoms. The van der Waals surface area contributed by atoms with Crippen molar-refractivity contribution in [3.05, 3.63) is 36.4 Å². The molecule has 5 nitrogen and oxygen atoms in total. The van der Waals surface area contributed by atoms with Gasteiger partial charge >= 0.3 is 0 Å². The van der Waals surface area contributed by atoms with E-state index in [1.165, 1.54) is 19.4 Å². The molecule has 0 unspecified atom stereocenters. The maximum Gasteiger partial charge on any atom is 0.106 e. The van der Waals surface area contributed by atoms with Crippen LogP contribution in [0, 0.1) is 0 Å². The Bertz CT molecular complexity index is 409. The fourth-order valence-electron chi connectivity index (χ4n) is 2.53. The summed E-state index contributed by atoms with van der Waals surface area (Å²) in [6.07, 6.45) is 14.4. The van der Waals surface area contributed by atoms with Crippen LogP contribution in [0.2, 0.25) is 0 Å². The van der Waals surface area contributed by atoms with Gasteiger partial charge in [0, 0.05) is 37.6 Å². The summed E-state index contributed by atoms with van der Waals surface area (Å²) in [6.45, 7) is 5.76. The van der Waals surface area contributed by atoms with Crippen LogP contribution in [0.25, 0.3) is 0 Å². The number of aryl methyl sites for hydroxylation is 2. The fourth-order valence-corrected chi connectivity index (χ4v) is 2.53. The Labute approximate surface area is 127 Å². The molecule has 0 aromatic carbocycles. The van der Waals surface area contributed by atoms with E-state index in [1.807, 2.05) is 24.8 Å². The Morgan fingerprint density at radius 1 is 0.857 bits per heavy atom. The topological polar surface area (TPSA) is 60.6 Å². The van der Waals surface area contributed by atoms with Gasteiger partial charge in [-0.3, -0.25) is 0 Å². The molecule has 2 rings (SSSR count). The SMILES string of the molecule is CCCCN(CCCc1ncc[nH]1)CCCc1ncc[nH]1. The predicted octanol–water partition coefficient (Wildman–Crippen LogP) is 2.80. The maximum absolute atomic E-state index is 4.28. The Kier molecular flexibility index (Phi) is 7.01. The highest BCUT2D eigenvalue weighted by Crippen LogP contribution is 2.04. The summed E-state index contributed by atoms with van der Waals surface area (Å²) in [5.74, 6) is 2.20. The smallest absolute Gasteiger partial charge is 0.106 e. The lowest BCUT2D eigenvalue weighted by molar-refractivity contribution is 0.262. The molecule has 0 aliphatic carbocycles. The quantitative estimate of drug-likeness (QED) is 0.668. The predicted molar refractivity (Wildman–Crippen MR) is 85.2 cm³/mol. The number of nitrogens with one attached hydrogen (secondary N) is 2. The number of hydrogen-bond acceptors (Lipinski definition) is 3. The van der Waals surface area contributed by atoms with Gasteiger partial charge in [-0.05, 0) is 38.9 Å². The number of H-pyrrole nitrogens is 2. The number of nitrogens with zero attached hydrogens (tertiary/aromatic N) is 3. The Hall–Kier alpha value is -1.62. The molecule has 2 N–H and O–H groups in total. The Morgan fingerprint density at radius 3 is 1.81 bits per heavy atom. The van der Waals surface area contributed by atoms with Crippen LogP contribution in [0.5, 0.6) is 0 Å². The molecule has 116 valence electrons. The second kappa shape index (κ2) is 9.34. The molecule has 2 aromatic rings. The number of rotatable bonds is 11. The van der Waals surface area contributed by atoms with Crippen molar-refractivity contribution < 1.29 is 0 Å². The van der Waals surface area contributed by atoms with Crippen LogP contribution in [-0.4, -0.2) is 44.5 Å². The molecule has 0 aliphatic heterocycles. The molecule has 0 fully saturated rings. The van der Waals surface area contributed by atoms with Gasteiger partial charge in [-0.1, -0.05) is 13.3 Å². The van der Waals surface area contributed by atoms with Crippen molar-refractivity contribution in [3.8, 4) is 0 Å². The van der Waals surface area contributed by atoms with Gasteiger partial charge in [-0.15, -0.1) is 0 Å². The lowest BCUT2D eigenvalue weighted by Gasteiger charge is -2.21. The van der Waals surface area contributed by atoms with Crippen LogP contribution in [0.4, 0.5) is 0 Å². The standard InChI is InChI=1S/C16H27N5/c1-2-3-12-21(13-4-6-15-17-8-9-18-15)14-5-7-16-19-10-11-20-16/h8-11H,2-7,12-14H2,1H3,(H,17,18)(H,19,20). The number of unbranched alkanes of at least 4 members (excludes halogenated alkanes) is 1. The molecule has 5 heteroatoms. The zero-order chi connectivity index (χ0) is 14.8. The van der Waals surface area contributed by atoms with Crippen LogP contribution >= 0.6 is 0 Å². The van der Waals surface area contributed by atoms with E-state index < -0.39 is 0 Å². The molecule has 0 bridgehead atoms. The van der Waals surface area contributed by atoms with Crippen molar-refractivity contribution >= 4 is 0 Å². The van der Waals surface area contributed by atoms with Crippen LogP contribution in [0.3, 0.4) is 0 Å². The molecule has 0 saturated carbocycles. The zero-order valence-corrected chi connectivity index (χ0v) is 13.0. The minimum absolute atomic E-state index is 1.04. The summed E-state index contributed by atoms with van der Waals surface area (Å²) in [6, 6.07) is 0. The minimum Gasteiger partial charge on any atom is -0.349 e. The second-order valence-corrected chi connectivity index (χ2v) is 5.47. The van der Waals surface area contributed by atoms with Crippen LogP contribution in [0.15, 0.2) is 24.8 Å². The highest BCUT2D eigenvalue weighted by Gasteiger charge is 2.06. The van der Waals surface area contributed by atoms with E-state index in [2.05, 4.69) is 31.8 Å². The van der Waals surface area contributed by atoms with Crippen molar-refractivity contribution in [2.45, 2.75) is 45.4 Å². The molecular formula is C16H27N5. The molecule has 2 heterocycles. The first-order valence-corrected chi connectivity index (χ1v) is 8.07. The van der Waals surface area contributed by atoms with Crippen molar-refractivity contribution in [1.82, 2.24) is 24.8 Å². The maximum atomic E-state index is 4.28. The summed E-state index contributed by atoms with van der Waals surface area (Å²) in [4.78, 5) is 17.5. The zero-order valence-electron chi connectivity index (χ0n) is 13.0. The number of hydrogen-bond donors (Lipinski definition) is 2. The van der Waals surface area contributed by atoms with Gasteiger partial charge in [0.05, 0.1) is 0 Å². The van der Waals surface area contributed by atoms with Gasteiger partial charge in [-0.25, -0.2) is 9.97 Å². The van der Waals surface area contributed by atoms with Gasteiger partial charge in [-0.2, -0.15) is 0 Å². The van der Waals surface area contributed by atoms with Crippen molar-refractivity contribution in [2.75, 3.05) is 19.6 Å². The first-order valence-electron chi connectivity index (χ1n) is 8.07. The third kappa shape index (κ3) is 6.12. The van der Waals surface area contributed by atoms with Crippen molar-refractivity contribution in [3.63, 3.8) is 0 Å². The number of aromatic nitrogens is 4.